The van der Waals surface area contributed by atoms with Crippen molar-refractivity contribution >= 4 is 28.1 Å². The molecule has 0 radical (unpaired) electrons. The predicted molar refractivity (Wildman–Crippen MR) is 74.5 cm³/mol. The quantitative estimate of drug-likeness (QED) is 0.740. The molecule has 0 unspecified atom stereocenters. The van der Waals surface area contributed by atoms with Gasteiger partial charge in [0.25, 0.3) is 0 Å². The first kappa shape index (κ1) is 12.0. The Balaban J connectivity index is 2.28. The van der Waals surface area contributed by atoms with Crippen molar-refractivity contribution in [2.45, 2.75) is 13.8 Å². The second-order valence-electron chi connectivity index (χ2n) is 4.24. The van der Waals surface area contributed by atoms with Gasteiger partial charge < -0.3 is 5.73 Å². The average molecular weight is 274 g/mol. The molecule has 96 valence electrons. The number of rotatable bonds is 1. The lowest BCUT2D eigenvalue weighted by Crippen LogP contribution is -1.98. The molecule has 0 aliphatic carbocycles. The molecule has 2 heterocycles. The number of aryl methyl sites for hydroxylation is 2. The third-order valence-electron chi connectivity index (χ3n) is 2.80. The molecule has 0 amide bonds. The van der Waals surface area contributed by atoms with Gasteiger partial charge in [0, 0.05) is 11.5 Å². The van der Waals surface area contributed by atoms with E-state index in [1.807, 2.05) is 13.8 Å². The zero-order chi connectivity index (χ0) is 13.6. The molecule has 2 aromatic heterocycles. The van der Waals surface area contributed by atoms with Crippen LogP contribution >= 0.6 is 11.3 Å². The van der Waals surface area contributed by atoms with Crippen LogP contribution in [0.25, 0.3) is 21.6 Å². The molecule has 4 nitrogen and oxygen atoms in total. The number of hydrogen-bond acceptors (Lipinski definition) is 5. The number of nitrogens with zero attached hydrogens (tertiary/aromatic N) is 3. The van der Waals surface area contributed by atoms with Gasteiger partial charge in [0.1, 0.15) is 11.6 Å². The number of anilines is 1. The summed E-state index contributed by atoms with van der Waals surface area (Å²) in [6, 6.07) is 4.30. The molecule has 0 aliphatic rings. The Hall–Kier alpha value is -2.08. The van der Waals surface area contributed by atoms with Gasteiger partial charge in [-0.25, -0.2) is 19.3 Å². The summed E-state index contributed by atoms with van der Waals surface area (Å²) in [6.07, 6.45) is 0. The Morgan fingerprint density at radius 1 is 1.16 bits per heavy atom. The van der Waals surface area contributed by atoms with Crippen LogP contribution in [0, 0.1) is 19.7 Å². The van der Waals surface area contributed by atoms with Gasteiger partial charge in [0.05, 0.1) is 21.1 Å². The number of benzene rings is 1. The molecule has 0 spiro atoms. The molecule has 1 aromatic carbocycles. The van der Waals surface area contributed by atoms with Crippen LogP contribution in [-0.4, -0.2) is 15.0 Å². The molecule has 3 aromatic rings. The third kappa shape index (κ3) is 2.04. The number of nitrogen functional groups attached to an aromatic ring is 1. The molecule has 0 bridgehead atoms. The number of aromatic nitrogens is 3. The van der Waals surface area contributed by atoms with E-state index in [0.29, 0.717) is 22.5 Å². The molecule has 0 aliphatic heterocycles. The molecular formula is C13H11FN4S. The van der Waals surface area contributed by atoms with Gasteiger partial charge in [0.2, 0.25) is 0 Å². The highest BCUT2D eigenvalue weighted by molar-refractivity contribution is 7.15. The van der Waals surface area contributed by atoms with Crippen molar-refractivity contribution in [3.63, 3.8) is 0 Å². The molecular weight excluding hydrogens is 263 g/mol. The highest BCUT2D eigenvalue weighted by atomic mass is 32.1. The first-order valence-corrected chi connectivity index (χ1v) is 6.53. The minimum absolute atomic E-state index is 0.339. The zero-order valence-electron chi connectivity index (χ0n) is 10.4. The minimum Gasteiger partial charge on any atom is -0.383 e. The molecule has 3 rings (SSSR count). The van der Waals surface area contributed by atoms with E-state index in [9.17, 15) is 4.39 Å². The van der Waals surface area contributed by atoms with Gasteiger partial charge in [-0.3, -0.25) is 0 Å². The van der Waals surface area contributed by atoms with E-state index in [0.717, 1.165) is 15.6 Å². The van der Waals surface area contributed by atoms with Gasteiger partial charge >= 0.3 is 0 Å². The number of fused-ring (bicyclic) bond motifs is 1. The fraction of sp³-hybridized carbons (Fsp3) is 0.154. The Morgan fingerprint density at radius 2 is 1.95 bits per heavy atom. The first-order valence-electron chi connectivity index (χ1n) is 5.72. The average Bonchev–Trinajstić information content (AvgIpc) is 2.67. The maximum Gasteiger partial charge on any atom is 0.174 e. The summed E-state index contributed by atoms with van der Waals surface area (Å²) in [4.78, 5) is 13.9. The Morgan fingerprint density at radius 3 is 2.63 bits per heavy atom. The monoisotopic (exact) mass is 274 g/mol. The smallest absolute Gasteiger partial charge is 0.174 e. The second kappa shape index (κ2) is 4.24. The van der Waals surface area contributed by atoms with Gasteiger partial charge in [-0.05, 0) is 26.0 Å². The Labute approximate surface area is 113 Å². The molecule has 0 atom stereocenters. The van der Waals surface area contributed by atoms with Crippen molar-refractivity contribution < 1.29 is 4.39 Å². The molecule has 6 heteroatoms. The van der Waals surface area contributed by atoms with Gasteiger partial charge in [-0.1, -0.05) is 0 Å². The summed E-state index contributed by atoms with van der Waals surface area (Å²) in [7, 11) is 0. The topological polar surface area (TPSA) is 64.7 Å². The normalized spacial score (nSPS) is 11.1. The van der Waals surface area contributed by atoms with Crippen molar-refractivity contribution in [2.24, 2.45) is 0 Å². The van der Waals surface area contributed by atoms with Crippen LogP contribution in [-0.2, 0) is 0 Å². The van der Waals surface area contributed by atoms with Crippen LogP contribution in [0.5, 0.6) is 0 Å². The van der Waals surface area contributed by atoms with Crippen LogP contribution in [0.3, 0.4) is 0 Å². The summed E-state index contributed by atoms with van der Waals surface area (Å²) in [5.41, 5.74) is 7.28. The van der Waals surface area contributed by atoms with E-state index < -0.39 is 0 Å². The van der Waals surface area contributed by atoms with Gasteiger partial charge in [-0.15, -0.1) is 11.3 Å². The Bertz CT molecular complexity index is 782. The summed E-state index contributed by atoms with van der Waals surface area (Å²) in [5, 5.41) is 1.60. The lowest BCUT2D eigenvalue weighted by molar-refractivity contribution is 0.629. The standard InChI is InChI=1S/C13H11FN4S/c1-6-11(19-7(2)16-6)13-17-10-5-8(14)3-4-9(10)12(15)18-13/h3-5H,1-2H3,(H2,15,17,18). The minimum atomic E-state index is -0.339. The number of nitrogens with two attached hydrogens (primary N) is 1. The fourth-order valence-corrected chi connectivity index (χ4v) is 2.82. The Kier molecular flexibility index (Phi) is 2.67. The second-order valence-corrected chi connectivity index (χ2v) is 5.44. The zero-order valence-corrected chi connectivity index (χ0v) is 11.3. The van der Waals surface area contributed by atoms with E-state index in [1.54, 1.807) is 6.07 Å². The predicted octanol–water partition coefficient (Wildman–Crippen LogP) is 3.09. The summed E-state index contributed by atoms with van der Waals surface area (Å²) in [5.74, 6) is 0.512. The van der Waals surface area contributed by atoms with Gasteiger partial charge in [-0.2, -0.15) is 0 Å². The third-order valence-corrected chi connectivity index (χ3v) is 3.86. The molecule has 0 saturated carbocycles. The van der Waals surface area contributed by atoms with Crippen LogP contribution in [0.1, 0.15) is 10.7 Å². The van der Waals surface area contributed by atoms with E-state index in [2.05, 4.69) is 15.0 Å². The maximum absolute atomic E-state index is 13.3. The summed E-state index contributed by atoms with van der Waals surface area (Å²) in [6.45, 7) is 3.82. The maximum atomic E-state index is 13.3. The van der Waals surface area contributed by atoms with Crippen LogP contribution in [0.15, 0.2) is 18.2 Å². The molecule has 0 fully saturated rings. The highest BCUT2D eigenvalue weighted by Gasteiger charge is 2.13. The molecule has 2 N–H and O–H groups in total. The highest BCUT2D eigenvalue weighted by Crippen LogP contribution is 2.29. The van der Waals surface area contributed by atoms with Crippen LogP contribution in [0.4, 0.5) is 10.2 Å². The summed E-state index contributed by atoms with van der Waals surface area (Å²) < 4.78 is 13.3. The van der Waals surface area contributed by atoms with Gasteiger partial charge in [0.15, 0.2) is 5.82 Å². The van der Waals surface area contributed by atoms with E-state index in [-0.39, 0.29) is 5.82 Å². The number of halogens is 1. The lowest BCUT2D eigenvalue weighted by Gasteiger charge is -2.04. The van der Waals surface area contributed by atoms with E-state index in [1.165, 1.54) is 23.5 Å². The van der Waals surface area contributed by atoms with Crippen molar-refractivity contribution in [3.8, 4) is 10.7 Å². The number of thiazole rings is 1. The van der Waals surface area contributed by atoms with Crippen LogP contribution in [0.2, 0.25) is 0 Å². The van der Waals surface area contributed by atoms with Crippen molar-refractivity contribution in [3.05, 3.63) is 34.7 Å². The van der Waals surface area contributed by atoms with E-state index >= 15 is 0 Å². The number of hydrogen-bond donors (Lipinski definition) is 1. The molecule has 0 saturated heterocycles. The van der Waals surface area contributed by atoms with Crippen molar-refractivity contribution in [1.29, 1.82) is 0 Å². The van der Waals surface area contributed by atoms with E-state index in [4.69, 9.17) is 5.73 Å². The van der Waals surface area contributed by atoms with Crippen molar-refractivity contribution in [1.82, 2.24) is 15.0 Å². The fourth-order valence-electron chi connectivity index (χ4n) is 1.97. The molecule has 19 heavy (non-hydrogen) atoms. The van der Waals surface area contributed by atoms with Crippen molar-refractivity contribution in [2.75, 3.05) is 5.73 Å². The SMILES string of the molecule is Cc1nc(C)c(-c2nc(N)c3ccc(F)cc3n2)s1. The largest absolute Gasteiger partial charge is 0.383 e. The first-order chi connectivity index (χ1) is 9.04. The summed E-state index contributed by atoms with van der Waals surface area (Å²) >= 11 is 1.50. The lowest BCUT2D eigenvalue weighted by atomic mass is 10.2. The van der Waals surface area contributed by atoms with Crippen LogP contribution < -0.4 is 5.73 Å².